The number of carbonyl (C=O) groups is 2. The molecule has 0 aromatic heterocycles. The molecule has 5 nitrogen and oxygen atoms in total. The molecule has 2 rings (SSSR count). The third-order valence-electron chi connectivity index (χ3n) is 3.02. The molecule has 0 spiro atoms. The summed E-state index contributed by atoms with van der Waals surface area (Å²) in [5, 5.41) is 11.8. The molecule has 0 saturated carbocycles. The van der Waals surface area contributed by atoms with E-state index in [2.05, 4.69) is 21.2 Å². The van der Waals surface area contributed by atoms with Gasteiger partial charge in [0.25, 0.3) is 5.91 Å². The van der Waals surface area contributed by atoms with Gasteiger partial charge in [-0.3, -0.25) is 4.79 Å². The van der Waals surface area contributed by atoms with Crippen LogP contribution >= 0.6 is 15.9 Å². The van der Waals surface area contributed by atoms with Crippen molar-refractivity contribution in [1.29, 1.82) is 0 Å². The third kappa shape index (κ3) is 4.29. The molecule has 1 atom stereocenters. The number of rotatable bonds is 4. The van der Waals surface area contributed by atoms with Crippen LogP contribution in [-0.4, -0.2) is 23.1 Å². The van der Waals surface area contributed by atoms with Gasteiger partial charge in [0, 0.05) is 10.5 Å². The summed E-state index contributed by atoms with van der Waals surface area (Å²) in [4.78, 5) is 23.9. The molecule has 0 heterocycles. The lowest BCUT2D eigenvalue weighted by Gasteiger charge is -2.14. The molecule has 8 heteroatoms. The number of phenolic OH excluding ortho intramolecular Hbond substituents is 1. The van der Waals surface area contributed by atoms with E-state index in [-0.39, 0.29) is 17.0 Å². The highest BCUT2D eigenvalue weighted by Gasteiger charge is 2.22. The molecule has 0 aliphatic rings. The van der Waals surface area contributed by atoms with Gasteiger partial charge in [-0.15, -0.1) is 0 Å². The van der Waals surface area contributed by atoms with Crippen LogP contribution in [0.5, 0.6) is 5.75 Å². The van der Waals surface area contributed by atoms with Crippen molar-refractivity contribution in [1.82, 2.24) is 0 Å². The number of halogens is 3. The Morgan fingerprint density at radius 3 is 2.62 bits per heavy atom. The minimum absolute atomic E-state index is 0.138. The van der Waals surface area contributed by atoms with Gasteiger partial charge < -0.3 is 15.2 Å². The first-order valence-corrected chi connectivity index (χ1v) is 7.52. The van der Waals surface area contributed by atoms with Gasteiger partial charge in [-0.25, -0.2) is 13.6 Å². The topological polar surface area (TPSA) is 75.6 Å². The summed E-state index contributed by atoms with van der Waals surface area (Å²) < 4.78 is 32.0. The predicted octanol–water partition coefficient (Wildman–Crippen LogP) is 3.62. The maximum Gasteiger partial charge on any atom is 0.342 e. The van der Waals surface area contributed by atoms with Crippen LogP contribution in [0.4, 0.5) is 14.5 Å². The van der Waals surface area contributed by atoms with Gasteiger partial charge in [0.05, 0.1) is 5.69 Å². The number of carbonyl (C=O) groups excluding carboxylic acids is 2. The summed E-state index contributed by atoms with van der Waals surface area (Å²) in [6.07, 6.45) is -1.29. The van der Waals surface area contributed by atoms with E-state index in [1.54, 1.807) is 0 Å². The highest BCUT2D eigenvalue weighted by atomic mass is 79.9. The third-order valence-corrected chi connectivity index (χ3v) is 3.51. The van der Waals surface area contributed by atoms with Crippen molar-refractivity contribution >= 4 is 33.5 Å². The van der Waals surface area contributed by atoms with Crippen LogP contribution in [0.2, 0.25) is 0 Å². The SMILES string of the molecule is C[C@@H](OC(=O)c1cc(Br)ccc1O)C(=O)Nc1cc(F)ccc1F. The lowest BCUT2D eigenvalue weighted by Crippen LogP contribution is -2.30. The van der Waals surface area contributed by atoms with Gasteiger partial charge in [-0.05, 0) is 37.3 Å². The molecule has 0 aliphatic carbocycles. The number of anilines is 1. The summed E-state index contributed by atoms with van der Waals surface area (Å²) in [6, 6.07) is 6.71. The molecular weight excluding hydrogens is 388 g/mol. The molecule has 2 aromatic carbocycles. The average Bonchev–Trinajstić information content (AvgIpc) is 2.53. The summed E-state index contributed by atoms with van der Waals surface area (Å²) in [5.41, 5.74) is -0.505. The zero-order chi connectivity index (χ0) is 17.9. The van der Waals surface area contributed by atoms with Gasteiger partial charge in [0.2, 0.25) is 0 Å². The fourth-order valence-electron chi connectivity index (χ4n) is 1.78. The number of ether oxygens (including phenoxy) is 1. The van der Waals surface area contributed by atoms with E-state index in [0.29, 0.717) is 4.47 Å². The van der Waals surface area contributed by atoms with Crippen LogP contribution < -0.4 is 5.32 Å². The number of esters is 1. The van der Waals surface area contributed by atoms with Gasteiger partial charge in [0.15, 0.2) is 6.10 Å². The van der Waals surface area contributed by atoms with Crippen molar-refractivity contribution in [2.45, 2.75) is 13.0 Å². The predicted molar refractivity (Wildman–Crippen MR) is 85.7 cm³/mol. The standard InChI is InChI=1S/C16H12BrF2NO4/c1-8(15(22)20-13-7-10(18)3-4-12(13)19)24-16(23)11-6-9(17)2-5-14(11)21/h2-8,21H,1H3,(H,20,22)/t8-/m1/s1. The second-order valence-electron chi connectivity index (χ2n) is 4.82. The largest absolute Gasteiger partial charge is 0.507 e. The van der Waals surface area contributed by atoms with Crippen LogP contribution in [0.1, 0.15) is 17.3 Å². The monoisotopic (exact) mass is 399 g/mol. The van der Waals surface area contributed by atoms with E-state index in [1.165, 1.54) is 25.1 Å². The summed E-state index contributed by atoms with van der Waals surface area (Å²) >= 11 is 3.14. The number of hydrogen-bond donors (Lipinski definition) is 2. The van der Waals surface area contributed by atoms with Gasteiger partial charge in [-0.2, -0.15) is 0 Å². The maximum absolute atomic E-state index is 13.5. The van der Waals surface area contributed by atoms with Crippen molar-refractivity contribution in [3.05, 3.63) is 58.1 Å². The highest BCUT2D eigenvalue weighted by molar-refractivity contribution is 9.10. The second kappa shape index (κ2) is 7.39. The number of phenols is 1. The van der Waals surface area contributed by atoms with Crippen LogP contribution in [0.15, 0.2) is 40.9 Å². The number of nitrogens with one attached hydrogen (secondary N) is 1. The molecular formula is C16H12BrF2NO4. The normalized spacial score (nSPS) is 11.7. The van der Waals surface area contributed by atoms with Crippen LogP contribution in [0.3, 0.4) is 0 Å². The first-order valence-electron chi connectivity index (χ1n) is 6.73. The molecule has 2 aromatic rings. The fraction of sp³-hybridized carbons (Fsp3) is 0.125. The minimum Gasteiger partial charge on any atom is -0.507 e. The quantitative estimate of drug-likeness (QED) is 0.769. The average molecular weight is 400 g/mol. The Hall–Kier alpha value is -2.48. The van der Waals surface area contributed by atoms with E-state index in [9.17, 15) is 23.5 Å². The number of amides is 1. The first-order chi connectivity index (χ1) is 11.3. The van der Waals surface area contributed by atoms with E-state index in [4.69, 9.17) is 4.74 Å². The Bertz CT molecular complexity index is 798. The molecule has 0 bridgehead atoms. The molecule has 2 N–H and O–H groups in total. The molecule has 0 aliphatic heterocycles. The lowest BCUT2D eigenvalue weighted by atomic mass is 10.2. The Labute approximate surface area is 144 Å². The van der Waals surface area contributed by atoms with Crippen LogP contribution in [0.25, 0.3) is 0 Å². The van der Waals surface area contributed by atoms with E-state index >= 15 is 0 Å². The minimum atomic E-state index is -1.29. The number of benzene rings is 2. The van der Waals surface area contributed by atoms with Crippen molar-refractivity contribution in [3.63, 3.8) is 0 Å². The lowest BCUT2D eigenvalue weighted by molar-refractivity contribution is -0.123. The molecule has 0 radical (unpaired) electrons. The van der Waals surface area contributed by atoms with Gasteiger partial charge >= 0.3 is 5.97 Å². The summed E-state index contributed by atoms with van der Waals surface area (Å²) in [7, 11) is 0. The second-order valence-corrected chi connectivity index (χ2v) is 5.74. The molecule has 0 unspecified atom stereocenters. The van der Waals surface area contributed by atoms with Crippen molar-refractivity contribution < 1.29 is 28.2 Å². The smallest absolute Gasteiger partial charge is 0.342 e. The molecule has 1 amide bonds. The number of hydrogen-bond acceptors (Lipinski definition) is 4. The maximum atomic E-state index is 13.5. The van der Waals surface area contributed by atoms with Crippen molar-refractivity contribution in [2.75, 3.05) is 5.32 Å². The Morgan fingerprint density at radius 2 is 1.92 bits per heavy atom. The van der Waals surface area contributed by atoms with E-state index in [1.807, 2.05) is 0 Å². The van der Waals surface area contributed by atoms with Crippen LogP contribution in [0, 0.1) is 11.6 Å². The Kier molecular flexibility index (Phi) is 5.50. The van der Waals surface area contributed by atoms with Crippen molar-refractivity contribution in [2.24, 2.45) is 0 Å². The van der Waals surface area contributed by atoms with Gasteiger partial charge in [0.1, 0.15) is 22.9 Å². The van der Waals surface area contributed by atoms with E-state index in [0.717, 1.165) is 18.2 Å². The van der Waals surface area contributed by atoms with E-state index < -0.39 is 29.6 Å². The van der Waals surface area contributed by atoms with Crippen molar-refractivity contribution in [3.8, 4) is 5.75 Å². The first kappa shape index (κ1) is 17.9. The highest BCUT2D eigenvalue weighted by Crippen LogP contribution is 2.23. The molecule has 0 saturated heterocycles. The molecule has 126 valence electrons. The fourth-order valence-corrected chi connectivity index (χ4v) is 2.14. The molecule has 24 heavy (non-hydrogen) atoms. The zero-order valence-electron chi connectivity index (χ0n) is 12.3. The number of aromatic hydroxyl groups is 1. The zero-order valence-corrected chi connectivity index (χ0v) is 13.9. The Morgan fingerprint density at radius 1 is 1.21 bits per heavy atom. The summed E-state index contributed by atoms with van der Waals surface area (Å²) in [6.45, 7) is 1.26. The Balaban J connectivity index is 2.07. The summed E-state index contributed by atoms with van der Waals surface area (Å²) in [5.74, 6) is -3.64. The van der Waals surface area contributed by atoms with Crippen LogP contribution in [-0.2, 0) is 9.53 Å². The van der Waals surface area contributed by atoms with Gasteiger partial charge in [-0.1, -0.05) is 15.9 Å². The molecule has 0 fully saturated rings.